The number of carbonyl (C=O) groups excluding carboxylic acids is 1. The van der Waals surface area contributed by atoms with E-state index in [1.807, 2.05) is 4.98 Å². The molecule has 8 nitrogen and oxygen atoms in total. The predicted molar refractivity (Wildman–Crippen MR) is 69.4 cm³/mol. The molecule has 0 unspecified atom stereocenters. The number of hydrogen-bond donors (Lipinski definition) is 4. The van der Waals surface area contributed by atoms with Gasteiger partial charge in [-0.1, -0.05) is 0 Å². The van der Waals surface area contributed by atoms with Gasteiger partial charge in [-0.3, -0.25) is 14.6 Å². The molecule has 2 rings (SSSR count). The number of amides is 1. The summed E-state index contributed by atoms with van der Waals surface area (Å²) in [6.07, 6.45) is 0.935. The Labute approximate surface area is 114 Å². The predicted octanol–water partition coefficient (Wildman–Crippen LogP) is -1.74. The fraction of sp³-hybridized carbons (Fsp3) is 0.583. The van der Waals surface area contributed by atoms with Crippen LogP contribution in [0.25, 0.3) is 0 Å². The van der Waals surface area contributed by atoms with Gasteiger partial charge in [-0.05, 0) is 12.8 Å². The molecule has 0 saturated carbocycles. The summed E-state index contributed by atoms with van der Waals surface area (Å²) in [5, 5.41) is 12.2. The van der Waals surface area contributed by atoms with Gasteiger partial charge in [-0.25, -0.2) is 4.79 Å². The number of carbonyl (C=O) groups is 1. The van der Waals surface area contributed by atoms with Crippen molar-refractivity contribution < 1.29 is 14.6 Å². The lowest BCUT2D eigenvalue weighted by Gasteiger charge is -2.36. The van der Waals surface area contributed by atoms with Crippen LogP contribution in [0.5, 0.6) is 0 Å². The van der Waals surface area contributed by atoms with Gasteiger partial charge in [0.1, 0.15) is 0 Å². The van der Waals surface area contributed by atoms with Crippen molar-refractivity contribution in [2.24, 2.45) is 0 Å². The topological polar surface area (TPSA) is 124 Å². The smallest absolute Gasteiger partial charge is 0.325 e. The average Bonchev–Trinajstić information content (AvgIpc) is 2.38. The van der Waals surface area contributed by atoms with Gasteiger partial charge in [0.05, 0.1) is 18.6 Å². The van der Waals surface area contributed by atoms with Gasteiger partial charge >= 0.3 is 5.69 Å². The van der Waals surface area contributed by atoms with E-state index >= 15 is 0 Å². The molecule has 1 fully saturated rings. The van der Waals surface area contributed by atoms with E-state index in [-0.39, 0.29) is 24.6 Å². The SMILES string of the molecule is O=C(Cc1cc(=O)[nH]c(=O)[nH]1)NC1(CO)CCOCC1. The average molecular weight is 283 g/mol. The van der Waals surface area contributed by atoms with E-state index in [1.165, 1.54) is 0 Å². The summed E-state index contributed by atoms with van der Waals surface area (Å²) < 4.78 is 5.20. The molecule has 1 saturated heterocycles. The second-order valence-corrected chi connectivity index (χ2v) is 4.89. The number of rotatable bonds is 4. The second kappa shape index (κ2) is 6.02. The molecule has 1 aliphatic rings. The summed E-state index contributed by atoms with van der Waals surface area (Å²) in [5.74, 6) is -0.359. The third kappa shape index (κ3) is 3.55. The van der Waals surface area contributed by atoms with Crippen molar-refractivity contribution in [2.75, 3.05) is 19.8 Å². The summed E-state index contributed by atoms with van der Waals surface area (Å²) in [4.78, 5) is 38.6. The highest BCUT2D eigenvalue weighted by Crippen LogP contribution is 2.20. The Balaban J connectivity index is 2.04. The lowest BCUT2D eigenvalue weighted by Crippen LogP contribution is -2.55. The fourth-order valence-electron chi connectivity index (χ4n) is 2.21. The quantitative estimate of drug-likeness (QED) is 0.522. The number of aliphatic hydroxyl groups is 1. The maximum Gasteiger partial charge on any atom is 0.325 e. The first-order valence-electron chi connectivity index (χ1n) is 6.35. The highest BCUT2D eigenvalue weighted by atomic mass is 16.5. The van der Waals surface area contributed by atoms with Gasteiger partial charge in [0.25, 0.3) is 5.56 Å². The Morgan fingerprint density at radius 1 is 1.35 bits per heavy atom. The van der Waals surface area contributed by atoms with E-state index in [0.717, 1.165) is 6.07 Å². The molecule has 1 aromatic rings. The number of H-pyrrole nitrogens is 2. The molecular weight excluding hydrogens is 266 g/mol. The number of aliphatic hydroxyl groups excluding tert-OH is 1. The Kier molecular flexibility index (Phi) is 4.35. The summed E-state index contributed by atoms with van der Waals surface area (Å²) >= 11 is 0. The molecule has 0 bridgehead atoms. The van der Waals surface area contributed by atoms with Crippen LogP contribution in [0, 0.1) is 0 Å². The molecule has 8 heteroatoms. The zero-order chi connectivity index (χ0) is 14.6. The zero-order valence-corrected chi connectivity index (χ0v) is 10.9. The van der Waals surface area contributed by atoms with Crippen LogP contribution in [0.15, 0.2) is 15.7 Å². The van der Waals surface area contributed by atoms with Crippen LogP contribution in [0.3, 0.4) is 0 Å². The van der Waals surface area contributed by atoms with Crippen molar-refractivity contribution >= 4 is 5.91 Å². The standard InChI is InChI=1S/C12H17N3O5/c16-7-12(1-3-20-4-2-12)15-10(18)6-8-5-9(17)14-11(19)13-8/h5,16H,1-4,6-7H2,(H,15,18)(H2,13,14,17,19). The first kappa shape index (κ1) is 14.5. The van der Waals surface area contributed by atoms with E-state index in [1.54, 1.807) is 0 Å². The first-order valence-corrected chi connectivity index (χ1v) is 6.35. The highest BCUT2D eigenvalue weighted by Gasteiger charge is 2.33. The first-order chi connectivity index (χ1) is 9.53. The van der Waals surface area contributed by atoms with E-state index < -0.39 is 16.8 Å². The molecule has 1 aromatic heterocycles. The van der Waals surface area contributed by atoms with Crippen LogP contribution in [0.1, 0.15) is 18.5 Å². The lowest BCUT2D eigenvalue weighted by molar-refractivity contribution is -0.124. The minimum Gasteiger partial charge on any atom is -0.394 e. The van der Waals surface area contributed by atoms with Crippen LogP contribution in [0.2, 0.25) is 0 Å². The lowest BCUT2D eigenvalue weighted by atomic mass is 9.91. The van der Waals surface area contributed by atoms with E-state index in [2.05, 4.69) is 10.3 Å². The Morgan fingerprint density at radius 3 is 2.65 bits per heavy atom. The third-order valence-corrected chi connectivity index (χ3v) is 3.32. The molecule has 0 aromatic carbocycles. The third-order valence-electron chi connectivity index (χ3n) is 3.32. The van der Waals surface area contributed by atoms with Crippen molar-refractivity contribution in [3.8, 4) is 0 Å². The zero-order valence-electron chi connectivity index (χ0n) is 10.9. The van der Waals surface area contributed by atoms with Gasteiger partial charge in [0.15, 0.2) is 0 Å². The molecule has 1 aliphatic heterocycles. The number of ether oxygens (including phenoxy) is 1. The molecule has 0 radical (unpaired) electrons. The molecule has 4 N–H and O–H groups in total. The van der Waals surface area contributed by atoms with Gasteiger partial charge in [-0.15, -0.1) is 0 Å². The summed E-state index contributed by atoms with van der Waals surface area (Å²) in [6.45, 7) is 0.777. The van der Waals surface area contributed by atoms with Gasteiger partial charge < -0.3 is 20.1 Å². The summed E-state index contributed by atoms with van der Waals surface area (Å²) in [6, 6.07) is 1.16. The summed E-state index contributed by atoms with van der Waals surface area (Å²) in [7, 11) is 0. The summed E-state index contributed by atoms with van der Waals surface area (Å²) in [5.41, 5.74) is -1.66. The molecule has 0 atom stereocenters. The molecule has 0 aliphatic carbocycles. The number of hydrogen-bond acceptors (Lipinski definition) is 5. The molecule has 0 spiro atoms. The number of aromatic nitrogens is 2. The van der Waals surface area contributed by atoms with Crippen molar-refractivity contribution in [3.63, 3.8) is 0 Å². The van der Waals surface area contributed by atoms with E-state index in [0.29, 0.717) is 26.1 Å². The van der Waals surface area contributed by atoms with Crippen LogP contribution in [0.4, 0.5) is 0 Å². The van der Waals surface area contributed by atoms with Crippen LogP contribution < -0.4 is 16.6 Å². The van der Waals surface area contributed by atoms with Gasteiger partial charge in [0.2, 0.25) is 5.91 Å². The maximum absolute atomic E-state index is 12.0. The fourth-order valence-corrected chi connectivity index (χ4v) is 2.21. The molecular formula is C12H17N3O5. The van der Waals surface area contributed by atoms with Crippen LogP contribution >= 0.6 is 0 Å². The van der Waals surface area contributed by atoms with Crippen LogP contribution in [-0.4, -0.2) is 46.3 Å². The largest absolute Gasteiger partial charge is 0.394 e. The minimum atomic E-state index is -0.684. The van der Waals surface area contributed by atoms with Crippen molar-refractivity contribution in [2.45, 2.75) is 24.8 Å². The van der Waals surface area contributed by atoms with Crippen molar-refractivity contribution in [1.29, 1.82) is 0 Å². The number of aromatic amines is 2. The molecule has 2 heterocycles. The van der Waals surface area contributed by atoms with Crippen molar-refractivity contribution in [1.82, 2.24) is 15.3 Å². The molecule has 110 valence electrons. The van der Waals surface area contributed by atoms with Gasteiger partial charge in [0, 0.05) is 25.0 Å². The normalized spacial score (nSPS) is 17.6. The van der Waals surface area contributed by atoms with Crippen molar-refractivity contribution in [3.05, 3.63) is 32.6 Å². The van der Waals surface area contributed by atoms with Gasteiger partial charge in [-0.2, -0.15) is 0 Å². The van der Waals surface area contributed by atoms with E-state index in [4.69, 9.17) is 4.74 Å². The molecule has 1 amide bonds. The monoisotopic (exact) mass is 283 g/mol. The van der Waals surface area contributed by atoms with Crippen LogP contribution in [-0.2, 0) is 16.0 Å². The van der Waals surface area contributed by atoms with E-state index in [9.17, 15) is 19.5 Å². The Hall–Kier alpha value is -1.93. The second-order valence-electron chi connectivity index (χ2n) is 4.89. The molecule has 20 heavy (non-hydrogen) atoms. The maximum atomic E-state index is 12.0. The highest BCUT2D eigenvalue weighted by molar-refractivity contribution is 5.78. The minimum absolute atomic E-state index is 0.123. The Morgan fingerprint density at radius 2 is 2.05 bits per heavy atom. The number of nitrogens with one attached hydrogen (secondary N) is 3. The Bertz CT molecular complexity index is 557.